The lowest BCUT2D eigenvalue weighted by atomic mass is 10.0. The molecule has 0 aliphatic carbocycles. The highest BCUT2D eigenvalue weighted by molar-refractivity contribution is 6.31. The summed E-state index contributed by atoms with van der Waals surface area (Å²) in [5, 5.41) is 10.2. The van der Waals surface area contributed by atoms with Gasteiger partial charge in [-0.15, -0.1) is 0 Å². The van der Waals surface area contributed by atoms with Gasteiger partial charge in [0, 0.05) is 16.1 Å². The van der Waals surface area contributed by atoms with E-state index in [1.54, 1.807) is 0 Å². The van der Waals surface area contributed by atoms with Crippen LogP contribution < -0.4 is 4.74 Å². The average Bonchev–Trinajstić information content (AvgIpc) is 2.67. The molecule has 0 amide bonds. The third-order valence-electron chi connectivity index (χ3n) is 4.04. The van der Waals surface area contributed by atoms with Gasteiger partial charge < -0.3 is 4.74 Å². The van der Waals surface area contributed by atoms with E-state index in [4.69, 9.17) is 16.3 Å². The molecule has 3 rings (SSSR count). The van der Waals surface area contributed by atoms with Gasteiger partial charge in [-0.2, -0.15) is 5.26 Å². The summed E-state index contributed by atoms with van der Waals surface area (Å²) in [6.45, 7) is 2.40. The monoisotopic (exact) mass is 359 g/mol. The summed E-state index contributed by atoms with van der Waals surface area (Å²) in [6, 6.07) is 25.5. The zero-order valence-corrected chi connectivity index (χ0v) is 15.2. The van der Waals surface area contributed by atoms with Crippen LogP contribution in [-0.2, 0) is 6.61 Å². The fourth-order valence-corrected chi connectivity index (χ4v) is 2.76. The Balaban J connectivity index is 1.87. The molecule has 0 aromatic heterocycles. The molecule has 3 heteroatoms. The topological polar surface area (TPSA) is 33.0 Å². The Morgan fingerprint density at radius 1 is 1.00 bits per heavy atom. The average molecular weight is 360 g/mol. The summed E-state index contributed by atoms with van der Waals surface area (Å²) in [7, 11) is 0. The second kappa shape index (κ2) is 8.38. The van der Waals surface area contributed by atoms with Crippen molar-refractivity contribution in [1.29, 1.82) is 5.26 Å². The van der Waals surface area contributed by atoms with Crippen molar-refractivity contribution in [3.63, 3.8) is 0 Å². The van der Waals surface area contributed by atoms with E-state index in [9.17, 15) is 5.26 Å². The van der Waals surface area contributed by atoms with Crippen LogP contribution in [0.5, 0.6) is 5.75 Å². The van der Waals surface area contributed by atoms with Crippen LogP contribution in [0.1, 0.15) is 22.3 Å². The van der Waals surface area contributed by atoms with Gasteiger partial charge in [0.1, 0.15) is 12.4 Å². The maximum atomic E-state index is 9.57. The number of hydrogen-bond acceptors (Lipinski definition) is 2. The zero-order chi connectivity index (χ0) is 18.4. The normalized spacial score (nSPS) is 11.0. The molecule has 0 N–H and O–H groups in total. The summed E-state index contributed by atoms with van der Waals surface area (Å²) in [6.07, 6.45) is 1.85. The molecule has 3 aromatic rings. The van der Waals surface area contributed by atoms with Gasteiger partial charge in [0.2, 0.25) is 0 Å². The lowest BCUT2D eigenvalue weighted by molar-refractivity contribution is 0.305. The van der Waals surface area contributed by atoms with Crippen molar-refractivity contribution in [3.8, 4) is 11.8 Å². The van der Waals surface area contributed by atoms with E-state index in [1.165, 1.54) is 0 Å². The van der Waals surface area contributed by atoms with E-state index >= 15 is 0 Å². The van der Waals surface area contributed by atoms with Crippen molar-refractivity contribution in [2.24, 2.45) is 0 Å². The molecule has 0 unspecified atom stereocenters. The number of halogens is 1. The number of rotatable bonds is 5. The van der Waals surface area contributed by atoms with Crippen molar-refractivity contribution >= 4 is 23.3 Å². The zero-order valence-electron chi connectivity index (χ0n) is 14.4. The first-order chi connectivity index (χ1) is 12.7. The Kier molecular flexibility index (Phi) is 5.73. The van der Waals surface area contributed by atoms with E-state index in [0.29, 0.717) is 23.0 Å². The highest BCUT2D eigenvalue weighted by Crippen LogP contribution is 2.26. The van der Waals surface area contributed by atoms with Gasteiger partial charge >= 0.3 is 0 Å². The van der Waals surface area contributed by atoms with Crippen molar-refractivity contribution in [2.45, 2.75) is 13.5 Å². The first-order valence-electron chi connectivity index (χ1n) is 8.31. The molecule has 26 heavy (non-hydrogen) atoms. The summed E-state index contributed by atoms with van der Waals surface area (Å²) < 4.78 is 5.97. The van der Waals surface area contributed by atoms with Crippen LogP contribution in [-0.4, -0.2) is 0 Å². The number of nitrogens with zero attached hydrogens (tertiary/aromatic N) is 1. The third kappa shape index (κ3) is 4.33. The van der Waals surface area contributed by atoms with Crippen LogP contribution >= 0.6 is 11.6 Å². The first-order valence-corrected chi connectivity index (χ1v) is 8.69. The van der Waals surface area contributed by atoms with Crippen molar-refractivity contribution in [1.82, 2.24) is 0 Å². The van der Waals surface area contributed by atoms with Crippen molar-refractivity contribution < 1.29 is 4.74 Å². The van der Waals surface area contributed by atoms with E-state index in [2.05, 4.69) is 6.07 Å². The molecule has 0 atom stereocenters. The lowest BCUT2D eigenvalue weighted by Crippen LogP contribution is -1.97. The van der Waals surface area contributed by atoms with Crippen LogP contribution in [0.4, 0.5) is 0 Å². The van der Waals surface area contributed by atoms with Crippen LogP contribution in [0.3, 0.4) is 0 Å². The summed E-state index contributed by atoms with van der Waals surface area (Å²) >= 11 is 6.19. The Labute approximate surface area is 158 Å². The van der Waals surface area contributed by atoms with E-state index in [-0.39, 0.29) is 0 Å². The number of benzene rings is 3. The minimum absolute atomic E-state index is 0.372. The van der Waals surface area contributed by atoms with Crippen LogP contribution in [0, 0.1) is 18.3 Å². The second-order valence-electron chi connectivity index (χ2n) is 5.95. The Morgan fingerprint density at radius 2 is 1.69 bits per heavy atom. The summed E-state index contributed by atoms with van der Waals surface area (Å²) in [4.78, 5) is 0. The molecule has 0 aliphatic heterocycles. The van der Waals surface area contributed by atoms with Gasteiger partial charge in [-0.05, 0) is 30.7 Å². The molecule has 128 valence electrons. The summed E-state index contributed by atoms with van der Waals surface area (Å²) in [5.74, 6) is 0.715. The van der Waals surface area contributed by atoms with Crippen LogP contribution in [0.25, 0.3) is 11.6 Å². The standard InChI is InChI=1S/C23H18ClNO/c1-17-10-12-18(13-11-17)21(15-25)14-19-6-3-5-9-23(19)26-16-20-7-2-4-8-22(20)24/h2-14H,16H2,1H3/b21-14+. The van der Waals surface area contributed by atoms with Gasteiger partial charge in [-0.1, -0.05) is 77.8 Å². The largest absolute Gasteiger partial charge is 0.488 e. The Bertz CT molecular complexity index is 968. The molecule has 0 heterocycles. The van der Waals surface area contributed by atoms with Crippen LogP contribution in [0.15, 0.2) is 72.8 Å². The van der Waals surface area contributed by atoms with Gasteiger partial charge in [-0.25, -0.2) is 0 Å². The highest BCUT2D eigenvalue weighted by Gasteiger charge is 2.06. The molecule has 0 bridgehead atoms. The molecule has 3 aromatic carbocycles. The van der Waals surface area contributed by atoms with Crippen molar-refractivity contribution in [2.75, 3.05) is 0 Å². The fraction of sp³-hybridized carbons (Fsp3) is 0.0870. The first kappa shape index (κ1) is 17.8. The van der Waals surface area contributed by atoms with Gasteiger partial charge in [0.05, 0.1) is 11.6 Å². The molecule has 0 aliphatic rings. The van der Waals surface area contributed by atoms with Gasteiger partial charge in [-0.3, -0.25) is 0 Å². The fourth-order valence-electron chi connectivity index (χ4n) is 2.57. The Morgan fingerprint density at radius 3 is 2.42 bits per heavy atom. The lowest BCUT2D eigenvalue weighted by Gasteiger charge is -2.11. The maximum Gasteiger partial charge on any atom is 0.127 e. The van der Waals surface area contributed by atoms with E-state index < -0.39 is 0 Å². The molecule has 0 saturated heterocycles. The number of aryl methyl sites for hydroxylation is 1. The number of para-hydroxylation sites is 1. The molecular weight excluding hydrogens is 342 g/mol. The van der Waals surface area contributed by atoms with Crippen molar-refractivity contribution in [3.05, 3.63) is 100 Å². The molecule has 0 saturated carbocycles. The van der Waals surface area contributed by atoms with Gasteiger partial charge in [0.25, 0.3) is 0 Å². The highest BCUT2D eigenvalue weighted by atomic mass is 35.5. The number of ether oxygens (including phenoxy) is 1. The maximum absolute atomic E-state index is 9.57. The predicted octanol–water partition coefficient (Wildman–Crippen LogP) is 6.29. The number of hydrogen-bond donors (Lipinski definition) is 0. The molecule has 0 spiro atoms. The van der Waals surface area contributed by atoms with Gasteiger partial charge in [0.15, 0.2) is 0 Å². The molecule has 0 radical (unpaired) electrons. The van der Waals surface area contributed by atoms with E-state index in [0.717, 1.165) is 22.3 Å². The molecule has 2 nitrogen and oxygen atoms in total. The SMILES string of the molecule is Cc1ccc(/C(C#N)=C/c2ccccc2OCc2ccccc2Cl)cc1. The summed E-state index contributed by atoms with van der Waals surface area (Å²) in [5.41, 5.74) is 4.43. The minimum atomic E-state index is 0.372. The number of allylic oxidation sites excluding steroid dienone is 1. The predicted molar refractivity (Wildman–Crippen MR) is 107 cm³/mol. The Hall–Kier alpha value is -3.02. The second-order valence-corrected chi connectivity index (χ2v) is 6.36. The third-order valence-corrected chi connectivity index (χ3v) is 4.41. The molecular formula is C23H18ClNO. The quantitative estimate of drug-likeness (QED) is 0.396. The van der Waals surface area contributed by atoms with E-state index in [1.807, 2.05) is 85.8 Å². The smallest absolute Gasteiger partial charge is 0.127 e. The number of nitriles is 1. The minimum Gasteiger partial charge on any atom is -0.488 e. The van der Waals surface area contributed by atoms with Crippen LogP contribution in [0.2, 0.25) is 5.02 Å². The molecule has 0 fully saturated rings.